The Labute approximate surface area is 160 Å². The Hall–Kier alpha value is -2.87. The van der Waals surface area contributed by atoms with Gasteiger partial charge in [-0.05, 0) is 23.8 Å². The highest BCUT2D eigenvalue weighted by Crippen LogP contribution is 2.30. The predicted octanol–water partition coefficient (Wildman–Crippen LogP) is 1.83. The molecule has 0 spiro atoms. The van der Waals surface area contributed by atoms with E-state index in [-0.39, 0.29) is 12.2 Å². The standard InChI is InChI=1S/C20H19F3N2O3/c1-28-19(27)17-9-13-5-2-3-6-14(13)11-25(17)12-18(26)24-16-8-4-7-15(10-16)20(21,22)23/h2-8,10,17H,9,11-12H2,1H3,(H,24,26)/p+1/t17-/m1/s1. The van der Waals surface area contributed by atoms with Gasteiger partial charge in [-0.25, -0.2) is 4.79 Å². The minimum absolute atomic E-state index is 0.0613. The average molecular weight is 393 g/mol. The smallest absolute Gasteiger partial charge is 0.416 e. The number of anilines is 1. The van der Waals surface area contributed by atoms with E-state index in [1.165, 1.54) is 19.2 Å². The predicted molar refractivity (Wildman–Crippen MR) is 95.6 cm³/mol. The van der Waals surface area contributed by atoms with Crippen molar-refractivity contribution >= 4 is 17.6 Å². The molecule has 1 aliphatic heterocycles. The molecule has 0 saturated heterocycles. The zero-order valence-electron chi connectivity index (χ0n) is 15.2. The number of quaternary nitrogens is 1. The third-order valence-electron chi connectivity index (χ3n) is 4.80. The fourth-order valence-corrected chi connectivity index (χ4v) is 3.42. The minimum atomic E-state index is -4.49. The van der Waals surface area contributed by atoms with Crippen LogP contribution < -0.4 is 10.2 Å². The second-order valence-electron chi connectivity index (χ2n) is 6.69. The SMILES string of the molecule is COC(=O)[C@H]1Cc2ccccc2C[NH+]1CC(=O)Nc1cccc(C(F)(F)F)c1. The van der Waals surface area contributed by atoms with Gasteiger partial charge in [-0.3, -0.25) is 4.79 Å². The van der Waals surface area contributed by atoms with E-state index in [1.54, 1.807) is 0 Å². The first-order valence-electron chi connectivity index (χ1n) is 8.74. The molecule has 2 atom stereocenters. The number of carbonyl (C=O) groups excluding carboxylic acids is 2. The largest absolute Gasteiger partial charge is 0.465 e. The average Bonchev–Trinajstić information content (AvgIpc) is 2.66. The van der Waals surface area contributed by atoms with E-state index in [0.717, 1.165) is 23.3 Å². The Balaban J connectivity index is 1.74. The Kier molecular flexibility index (Phi) is 5.69. The van der Waals surface area contributed by atoms with Gasteiger partial charge in [0.1, 0.15) is 6.54 Å². The van der Waals surface area contributed by atoms with Crippen molar-refractivity contribution in [3.8, 4) is 0 Å². The number of hydrogen-bond acceptors (Lipinski definition) is 3. The number of amides is 1. The van der Waals surface area contributed by atoms with Crippen LogP contribution >= 0.6 is 0 Å². The summed E-state index contributed by atoms with van der Waals surface area (Å²) >= 11 is 0. The van der Waals surface area contributed by atoms with Crippen molar-refractivity contribution < 1.29 is 32.4 Å². The summed E-state index contributed by atoms with van der Waals surface area (Å²) in [6.45, 7) is 0.385. The second kappa shape index (κ2) is 8.02. The summed E-state index contributed by atoms with van der Waals surface area (Å²) in [5.74, 6) is -0.890. The van der Waals surface area contributed by atoms with Crippen LogP contribution in [-0.4, -0.2) is 31.6 Å². The summed E-state index contributed by atoms with van der Waals surface area (Å²) in [5, 5.41) is 2.49. The summed E-state index contributed by atoms with van der Waals surface area (Å²) in [5.41, 5.74) is 1.28. The lowest BCUT2D eigenvalue weighted by atomic mass is 9.94. The molecule has 2 aromatic rings. The molecule has 28 heavy (non-hydrogen) atoms. The number of nitrogens with one attached hydrogen (secondary N) is 2. The van der Waals surface area contributed by atoms with Crippen molar-refractivity contribution in [3.63, 3.8) is 0 Å². The van der Waals surface area contributed by atoms with Gasteiger partial charge in [0.05, 0.1) is 12.7 Å². The van der Waals surface area contributed by atoms with Gasteiger partial charge >= 0.3 is 12.1 Å². The van der Waals surface area contributed by atoms with Crippen molar-refractivity contribution in [1.82, 2.24) is 0 Å². The molecular weight excluding hydrogens is 373 g/mol. The van der Waals surface area contributed by atoms with Gasteiger partial charge in [-0.1, -0.05) is 30.3 Å². The maximum absolute atomic E-state index is 12.8. The van der Waals surface area contributed by atoms with E-state index in [1.807, 2.05) is 24.3 Å². The molecule has 1 unspecified atom stereocenters. The summed E-state index contributed by atoms with van der Waals surface area (Å²) < 4.78 is 43.4. The molecule has 0 bridgehead atoms. The lowest BCUT2D eigenvalue weighted by Crippen LogP contribution is -3.17. The van der Waals surface area contributed by atoms with Crippen LogP contribution in [0.3, 0.4) is 0 Å². The van der Waals surface area contributed by atoms with E-state index in [9.17, 15) is 22.8 Å². The summed E-state index contributed by atoms with van der Waals surface area (Å²) in [4.78, 5) is 25.3. The minimum Gasteiger partial charge on any atom is -0.465 e. The topological polar surface area (TPSA) is 59.8 Å². The van der Waals surface area contributed by atoms with Crippen LogP contribution in [0.4, 0.5) is 18.9 Å². The lowest BCUT2D eigenvalue weighted by molar-refractivity contribution is -0.924. The number of hydrogen-bond donors (Lipinski definition) is 2. The Morgan fingerprint density at radius 1 is 1.14 bits per heavy atom. The van der Waals surface area contributed by atoms with Gasteiger partial charge in [0.2, 0.25) is 0 Å². The van der Waals surface area contributed by atoms with Gasteiger partial charge < -0.3 is 15.0 Å². The summed E-state index contributed by atoms with van der Waals surface area (Å²) in [6, 6.07) is 11.6. The first-order chi connectivity index (χ1) is 13.3. The van der Waals surface area contributed by atoms with E-state index in [2.05, 4.69) is 5.32 Å². The molecule has 0 aliphatic carbocycles. The maximum atomic E-state index is 12.8. The van der Waals surface area contributed by atoms with Crippen LogP contribution in [0.2, 0.25) is 0 Å². The molecule has 0 saturated carbocycles. The van der Waals surface area contributed by atoms with Crippen molar-refractivity contribution in [1.29, 1.82) is 0 Å². The third kappa shape index (κ3) is 4.51. The maximum Gasteiger partial charge on any atom is 0.416 e. The Bertz CT molecular complexity index is 883. The number of rotatable bonds is 4. The quantitative estimate of drug-likeness (QED) is 0.780. The number of alkyl halides is 3. The first-order valence-corrected chi connectivity index (χ1v) is 8.74. The second-order valence-corrected chi connectivity index (χ2v) is 6.69. The van der Waals surface area contributed by atoms with Crippen molar-refractivity contribution in [2.24, 2.45) is 0 Å². The Morgan fingerprint density at radius 3 is 2.54 bits per heavy atom. The number of carbonyl (C=O) groups is 2. The normalized spacial score (nSPS) is 18.9. The highest BCUT2D eigenvalue weighted by atomic mass is 19.4. The van der Waals surface area contributed by atoms with Crippen LogP contribution in [0.1, 0.15) is 16.7 Å². The summed E-state index contributed by atoms with van der Waals surface area (Å²) in [7, 11) is 1.29. The molecular formula is C20H20F3N2O3+. The molecule has 3 rings (SSSR count). The van der Waals surface area contributed by atoms with Crippen molar-refractivity contribution in [3.05, 3.63) is 65.2 Å². The lowest BCUT2D eigenvalue weighted by Gasteiger charge is -2.31. The van der Waals surface area contributed by atoms with E-state index in [4.69, 9.17) is 4.74 Å². The van der Waals surface area contributed by atoms with Gasteiger partial charge in [0.15, 0.2) is 12.6 Å². The number of esters is 1. The molecule has 1 aliphatic rings. The number of methoxy groups -OCH3 is 1. The van der Waals surface area contributed by atoms with Gasteiger partial charge in [-0.15, -0.1) is 0 Å². The van der Waals surface area contributed by atoms with Crippen LogP contribution in [0.5, 0.6) is 0 Å². The highest BCUT2D eigenvalue weighted by molar-refractivity contribution is 5.91. The fraction of sp³-hybridized carbons (Fsp3) is 0.300. The van der Waals surface area contributed by atoms with Crippen LogP contribution in [0, 0.1) is 0 Å². The van der Waals surface area contributed by atoms with E-state index in [0.29, 0.717) is 17.9 Å². The Morgan fingerprint density at radius 2 is 1.86 bits per heavy atom. The molecule has 1 heterocycles. The van der Waals surface area contributed by atoms with Gasteiger partial charge in [-0.2, -0.15) is 13.2 Å². The highest BCUT2D eigenvalue weighted by Gasteiger charge is 2.37. The monoisotopic (exact) mass is 393 g/mol. The number of benzene rings is 2. The molecule has 0 aromatic heterocycles. The molecule has 0 radical (unpaired) electrons. The molecule has 148 valence electrons. The van der Waals surface area contributed by atoms with Crippen molar-refractivity contribution in [2.45, 2.75) is 25.2 Å². The van der Waals surface area contributed by atoms with Gasteiger partial charge in [0.25, 0.3) is 5.91 Å². The molecule has 5 nitrogen and oxygen atoms in total. The molecule has 2 N–H and O–H groups in total. The zero-order chi connectivity index (χ0) is 20.3. The summed E-state index contributed by atoms with van der Waals surface area (Å²) in [6.07, 6.45) is -4.05. The first kappa shape index (κ1) is 19.9. The number of halogens is 3. The molecule has 1 amide bonds. The fourth-order valence-electron chi connectivity index (χ4n) is 3.42. The van der Waals surface area contributed by atoms with E-state index >= 15 is 0 Å². The van der Waals surface area contributed by atoms with Crippen LogP contribution in [0.15, 0.2) is 48.5 Å². The van der Waals surface area contributed by atoms with Crippen molar-refractivity contribution in [2.75, 3.05) is 19.0 Å². The third-order valence-corrected chi connectivity index (χ3v) is 4.80. The van der Waals surface area contributed by atoms with Gasteiger partial charge in [0, 0.05) is 17.7 Å². The number of ether oxygens (including phenoxy) is 1. The van der Waals surface area contributed by atoms with Crippen LogP contribution in [-0.2, 0) is 33.5 Å². The van der Waals surface area contributed by atoms with E-state index < -0.39 is 29.7 Å². The number of fused-ring (bicyclic) bond motifs is 1. The molecule has 2 aromatic carbocycles. The molecule has 0 fully saturated rings. The zero-order valence-corrected chi connectivity index (χ0v) is 15.2. The van der Waals surface area contributed by atoms with Crippen LogP contribution in [0.25, 0.3) is 0 Å². The molecule has 8 heteroatoms.